The van der Waals surface area contributed by atoms with E-state index >= 15 is 0 Å². The quantitative estimate of drug-likeness (QED) is 0.558. The molecule has 1 saturated heterocycles. The lowest BCUT2D eigenvalue weighted by Crippen LogP contribution is -2.34. The van der Waals surface area contributed by atoms with Gasteiger partial charge in [0.2, 0.25) is 11.8 Å². The molecule has 2 atom stereocenters. The van der Waals surface area contributed by atoms with E-state index in [4.69, 9.17) is 0 Å². The first kappa shape index (κ1) is 12.6. The second-order valence-corrected chi connectivity index (χ2v) is 5.08. The number of likely N-dealkylation sites (tertiary alicyclic amines) is 1. The molecular weight excluding hydrogens is 216 g/mol. The van der Waals surface area contributed by atoms with Gasteiger partial charge in [-0.25, -0.2) is 0 Å². The Hall–Kier alpha value is -0.900. The number of nitrogens with zero attached hydrogens (tertiary/aromatic N) is 1. The lowest BCUT2D eigenvalue weighted by Gasteiger charge is -2.15. The van der Waals surface area contributed by atoms with Crippen LogP contribution in [0.4, 0.5) is 0 Å². The first-order chi connectivity index (χ1) is 8.25. The maximum atomic E-state index is 12.0. The number of imide groups is 1. The zero-order valence-electron chi connectivity index (χ0n) is 10.6. The number of hydrogen-bond acceptors (Lipinski definition) is 3. The average Bonchev–Trinajstić information content (AvgIpc) is 2.88. The maximum absolute atomic E-state index is 12.0. The summed E-state index contributed by atoms with van der Waals surface area (Å²) in [7, 11) is 0. The van der Waals surface area contributed by atoms with Crippen molar-refractivity contribution in [1.82, 2.24) is 10.2 Å². The summed E-state index contributed by atoms with van der Waals surface area (Å²) in [6.45, 7) is 4.62. The average molecular weight is 238 g/mol. The Bertz CT molecular complexity index is 282. The van der Waals surface area contributed by atoms with Gasteiger partial charge in [0.15, 0.2) is 0 Å². The molecule has 0 bridgehead atoms. The fraction of sp³-hybridized carbons (Fsp3) is 0.846. The summed E-state index contributed by atoms with van der Waals surface area (Å²) in [4.78, 5) is 25.5. The van der Waals surface area contributed by atoms with Crippen LogP contribution in [0.5, 0.6) is 0 Å². The van der Waals surface area contributed by atoms with Gasteiger partial charge in [-0.05, 0) is 38.8 Å². The molecule has 1 N–H and O–H groups in total. The number of nitrogens with one attached hydrogen (secondary N) is 1. The van der Waals surface area contributed by atoms with Crippen LogP contribution in [-0.4, -0.2) is 36.3 Å². The van der Waals surface area contributed by atoms with Crippen LogP contribution >= 0.6 is 0 Å². The SMILES string of the molecule is CCCNCCCN1C(=O)C2CCCC2C1=O. The standard InChI is InChI=1S/C13H22N2O2/c1-2-7-14-8-4-9-15-12(16)10-5-3-6-11(10)13(15)17/h10-11,14H,2-9H2,1H3. The van der Waals surface area contributed by atoms with Gasteiger partial charge in [0.05, 0.1) is 11.8 Å². The molecular formula is C13H22N2O2. The van der Waals surface area contributed by atoms with Crippen LogP contribution in [0.3, 0.4) is 0 Å². The van der Waals surface area contributed by atoms with Crippen molar-refractivity contribution in [2.24, 2.45) is 11.8 Å². The van der Waals surface area contributed by atoms with E-state index in [9.17, 15) is 9.59 Å². The number of fused-ring (bicyclic) bond motifs is 1. The van der Waals surface area contributed by atoms with Crippen LogP contribution in [-0.2, 0) is 9.59 Å². The zero-order valence-corrected chi connectivity index (χ0v) is 10.6. The topological polar surface area (TPSA) is 49.4 Å². The van der Waals surface area contributed by atoms with Gasteiger partial charge in [0.25, 0.3) is 0 Å². The van der Waals surface area contributed by atoms with Gasteiger partial charge in [-0.15, -0.1) is 0 Å². The van der Waals surface area contributed by atoms with E-state index in [1.54, 1.807) is 0 Å². The van der Waals surface area contributed by atoms with E-state index in [1.165, 1.54) is 4.90 Å². The van der Waals surface area contributed by atoms with Crippen LogP contribution in [0.2, 0.25) is 0 Å². The van der Waals surface area contributed by atoms with Gasteiger partial charge in [0.1, 0.15) is 0 Å². The van der Waals surface area contributed by atoms with Crippen LogP contribution < -0.4 is 5.32 Å². The first-order valence-electron chi connectivity index (χ1n) is 6.81. The van der Waals surface area contributed by atoms with E-state index in [2.05, 4.69) is 12.2 Å². The Labute approximate surface area is 103 Å². The minimum absolute atomic E-state index is 0.0195. The third-order valence-electron chi connectivity index (χ3n) is 3.84. The molecule has 17 heavy (non-hydrogen) atoms. The maximum Gasteiger partial charge on any atom is 0.233 e. The second-order valence-electron chi connectivity index (χ2n) is 5.08. The molecule has 0 radical (unpaired) electrons. The minimum atomic E-state index is 0.0195. The summed E-state index contributed by atoms with van der Waals surface area (Å²) in [5.41, 5.74) is 0. The van der Waals surface area contributed by atoms with Crippen molar-refractivity contribution in [2.45, 2.75) is 39.0 Å². The molecule has 96 valence electrons. The van der Waals surface area contributed by atoms with Crippen molar-refractivity contribution in [3.8, 4) is 0 Å². The van der Waals surface area contributed by atoms with Crippen molar-refractivity contribution >= 4 is 11.8 Å². The van der Waals surface area contributed by atoms with Gasteiger partial charge < -0.3 is 5.32 Å². The van der Waals surface area contributed by atoms with E-state index < -0.39 is 0 Å². The first-order valence-corrected chi connectivity index (χ1v) is 6.81. The van der Waals surface area contributed by atoms with Gasteiger partial charge >= 0.3 is 0 Å². The highest BCUT2D eigenvalue weighted by Gasteiger charge is 2.49. The number of rotatable bonds is 6. The highest BCUT2D eigenvalue weighted by atomic mass is 16.2. The molecule has 2 rings (SSSR count). The largest absolute Gasteiger partial charge is 0.317 e. The Kier molecular flexibility index (Phi) is 4.15. The molecule has 0 aromatic carbocycles. The number of amides is 2. The summed E-state index contributed by atoms with van der Waals surface area (Å²) in [5.74, 6) is 0.221. The molecule has 0 spiro atoms. The van der Waals surface area contributed by atoms with E-state index in [-0.39, 0.29) is 23.7 Å². The monoisotopic (exact) mass is 238 g/mol. The lowest BCUT2D eigenvalue weighted by molar-refractivity contribution is -0.140. The van der Waals surface area contributed by atoms with E-state index in [0.717, 1.165) is 45.2 Å². The summed E-state index contributed by atoms with van der Waals surface area (Å²) in [6, 6.07) is 0. The summed E-state index contributed by atoms with van der Waals surface area (Å²) in [5, 5.41) is 3.29. The fourth-order valence-corrected chi connectivity index (χ4v) is 2.94. The Morgan fingerprint density at radius 3 is 2.41 bits per heavy atom. The molecule has 2 aliphatic rings. The normalized spacial score (nSPS) is 27.9. The van der Waals surface area contributed by atoms with Crippen molar-refractivity contribution in [2.75, 3.05) is 19.6 Å². The fourth-order valence-electron chi connectivity index (χ4n) is 2.94. The molecule has 1 aliphatic carbocycles. The lowest BCUT2D eigenvalue weighted by atomic mass is 10.00. The Morgan fingerprint density at radius 2 is 1.82 bits per heavy atom. The van der Waals surface area contributed by atoms with Crippen molar-refractivity contribution in [1.29, 1.82) is 0 Å². The number of carbonyl (C=O) groups excluding carboxylic acids is 2. The molecule has 4 heteroatoms. The van der Waals surface area contributed by atoms with Gasteiger partial charge in [-0.3, -0.25) is 14.5 Å². The minimum Gasteiger partial charge on any atom is -0.317 e. The van der Waals surface area contributed by atoms with Crippen molar-refractivity contribution in [3.05, 3.63) is 0 Å². The number of carbonyl (C=O) groups is 2. The molecule has 2 fully saturated rings. The molecule has 0 aromatic rings. The van der Waals surface area contributed by atoms with Gasteiger partial charge in [-0.2, -0.15) is 0 Å². The van der Waals surface area contributed by atoms with Crippen molar-refractivity contribution in [3.63, 3.8) is 0 Å². The summed E-state index contributed by atoms with van der Waals surface area (Å²) in [6.07, 6.45) is 4.86. The van der Waals surface area contributed by atoms with Gasteiger partial charge in [0, 0.05) is 6.54 Å². The highest BCUT2D eigenvalue weighted by molar-refractivity contribution is 6.05. The molecule has 1 heterocycles. The molecule has 1 saturated carbocycles. The van der Waals surface area contributed by atoms with Crippen LogP contribution in [0.1, 0.15) is 39.0 Å². The van der Waals surface area contributed by atoms with Crippen LogP contribution in [0, 0.1) is 11.8 Å². The molecule has 2 unspecified atom stereocenters. The zero-order chi connectivity index (χ0) is 12.3. The van der Waals surface area contributed by atoms with Crippen LogP contribution in [0.15, 0.2) is 0 Å². The third-order valence-corrected chi connectivity index (χ3v) is 3.84. The summed E-state index contributed by atoms with van der Waals surface area (Å²) >= 11 is 0. The van der Waals surface area contributed by atoms with Gasteiger partial charge in [-0.1, -0.05) is 13.3 Å². The van der Waals surface area contributed by atoms with E-state index in [0.29, 0.717) is 6.54 Å². The number of hydrogen-bond donors (Lipinski definition) is 1. The van der Waals surface area contributed by atoms with Crippen LogP contribution in [0.25, 0.3) is 0 Å². The smallest absolute Gasteiger partial charge is 0.233 e. The second kappa shape index (κ2) is 5.63. The van der Waals surface area contributed by atoms with E-state index in [1.807, 2.05) is 0 Å². The summed E-state index contributed by atoms with van der Waals surface area (Å²) < 4.78 is 0. The predicted octanol–water partition coefficient (Wildman–Crippen LogP) is 1.16. The highest BCUT2D eigenvalue weighted by Crippen LogP contribution is 2.39. The Morgan fingerprint density at radius 1 is 1.18 bits per heavy atom. The third kappa shape index (κ3) is 2.51. The molecule has 4 nitrogen and oxygen atoms in total. The predicted molar refractivity (Wildman–Crippen MR) is 65.3 cm³/mol. The molecule has 2 amide bonds. The van der Waals surface area contributed by atoms with Crippen molar-refractivity contribution < 1.29 is 9.59 Å². The molecule has 0 aromatic heterocycles. The molecule has 1 aliphatic heterocycles. The Balaban J connectivity index is 1.77.